The van der Waals surface area contributed by atoms with Crippen molar-refractivity contribution >= 4 is 29.0 Å². The van der Waals surface area contributed by atoms with E-state index >= 15 is 0 Å². The van der Waals surface area contributed by atoms with Gasteiger partial charge in [-0.05, 0) is 49.5 Å². The highest BCUT2D eigenvalue weighted by Crippen LogP contribution is 2.37. The van der Waals surface area contributed by atoms with Crippen molar-refractivity contribution in [2.45, 2.75) is 9.92 Å². The van der Waals surface area contributed by atoms with Crippen molar-refractivity contribution in [2.75, 3.05) is 50.0 Å². The van der Waals surface area contributed by atoms with Crippen LogP contribution in [0, 0.1) is 0 Å². The van der Waals surface area contributed by atoms with Crippen molar-refractivity contribution in [3.8, 4) is 11.3 Å². The Hall–Kier alpha value is -2.81. The molecule has 0 atom stereocenters. The first-order chi connectivity index (χ1) is 14.6. The molecule has 3 heterocycles. The molecule has 3 N–H and O–H groups in total. The van der Waals surface area contributed by atoms with Crippen LogP contribution in [0.2, 0.25) is 0 Å². The Bertz CT molecular complexity index is 1000. The fourth-order valence-corrected chi connectivity index (χ4v) is 4.26. The van der Waals surface area contributed by atoms with E-state index in [1.165, 1.54) is 5.69 Å². The number of benzene rings is 1. The maximum absolute atomic E-state index is 11.6. The second-order valence-electron chi connectivity index (χ2n) is 7.18. The van der Waals surface area contributed by atoms with Gasteiger partial charge in [0.05, 0.1) is 12.8 Å². The van der Waals surface area contributed by atoms with E-state index in [1.54, 1.807) is 30.3 Å². The third-order valence-electron chi connectivity index (χ3n) is 5.03. The molecule has 30 heavy (non-hydrogen) atoms. The minimum Gasteiger partial charge on any atom is -0.464 e. The zero-order valence-corrected chi connectivity index (χ0v) is 17.7. The van der Waals surface area contributed by atoms with E-state index in [1.807, 2.05) is 18.2 Å². The van der Waals surface area contributed by atoms with Crippen molar-refractivity contribution in [3.05, 3.63) is 54.9 Å². The Balaban J connectivity index is 1.60. The molecule has 1 fully saturated rings. The molecule has 0 saturated carbocycles. The van der Waals surface area contributed by atoms with Crippen molar-refractivity contribution in [2.24, 2.45) is 5.73 Å². The summed E-state index contributed by atoms with van der Waals surface area (Å²) < 4.78 is 5.73. The summed E-state index contributed by atoms with van der Waals surface area (Å²) in [6, 6.07) is 13.9. The van der Waals surface area contributed by atoms with Crippen LogP contribution >= 0.6 is 11.8 Å². The smallest absolute Gasteiger partial charge is 0.238 e. The van der Waals surface area contributed by atoms with Crippen LogP contribution in [0.3, 0.4) is 0 Å². The number of furan rings is 1. The molecule has 0 radical (unpaired) electrons. The van der Waals surface area contributed by atoms with Gasteiger partial charge in [0.15, 0.2) is 0 Å². The summed E-state index contributed by atoms with van der Waals surface area (Å²) in [7, 11) is 2.15. The van der Waals surface area contributed by atoms with Crippen LogP contribution in [0.5, 0.6) is 0 Å². The molecule has 8 heteroatoms. The highest BCUT2D eigenvalue weighted by Gasteiger charge is 2.19. The SMILES string of the molecule is CN1CCN(c2ccc(Sc3cc(NC(=O)CN)ccn3)cc2-c2ccco2)CC1. The topological polar surface area (TPSA) is 87.6 Å². The molecule has 0 bridgehead atoms. The minimum absolute atomic E-state index is 0.0505. The fraction of sp³-hybridized carbons (Fsp3) is 0.273. The highest BCUT2D eigenvalue weighted by molar-refractivity contribution is 7.99. The zero-order chi connectivity index (χ0) is 20.9. The Kier molecular flexibility index (Phi) is 6.37. The molecule has 3 aromatic rings. The van der Waals surface area contributed by atoms with E-state index in [-0.39, 0.29) is 12.5 Å². The number of nitrogens with two attached hydrogens (primary N) is 1. The monoisotopic (exact) mass is 423 g/mol. The van der Waals surface area contributed by atoms with Crippen molar-refractivity contribution in [1.29, 1.82) is 0 Å². The second-order valence-corrected chi connectivity index (χ2v) is 8.28. The van der Waals surface area contributed by atoms with Crippen molar-refractivity contribution in [1.82, 2.24) is 9.88 Å². The number of carbonyl (C=O) groups excluding carboxylic acids is 1. The highest BCUT2D eigenvalue weighted by atomic mass is 32.2. The number of carbonyl (C=O) groups is 1. The number of piperazine rings is 1. The van der Waals surface area contributed by atoms with Gasteiger partial charge in [-0.15, -0.1) is 0 Å². The quantitative estimate of drug-likeness (QED) is 0.630. The van der Waals surface area contributed by atoms with E-state index in [0.717, 1.165) is 47.4 Å². The molecule has 0 unspecified atom stereocenters. The van der Waals surface area contributed by atoms with Gasteiger partial charge in [0, 0.05) is 54.2 Å². The summed E-state index contributed by atoms with van der Waals surface area (Å²) >= 11 is 1.54. The number of pyridine rings is 1. The average Bonchev–Trinajstić information content (AvgIpc) is 3.29. The number of anilines is 2. The van der Waals surface area contributed by atoms with Gasteiger partial charge in [0.1, 0.15) is 10.8 Å². The van der Waals surface area contributed by atoms with Crippen LogP contribution in [-0.2, 0) is 4.79 Å². The lowest BCUT2D eigenvalue weighted by Crippen LogP contribution is -2.44. The van der Waals surface area contributed by atoms with E-state index in [2.05, 4.69) is 45.3 Å². The predicted octanol–water partition coefficient (Wildman–Crippen LogP) is 3.14. The van der Waals surface area contributed by atoms with Crippen LogP contribution in [0.25, 0.3) is 11.3 Å². The molecule has 156 valence electrons. The maximum Gasteiger partial charge on any atom is 0.238 e. The zero-order valence-electron chi connectivity index (χ0n) is 16.9. The molecule has 1 aliphatic rings. The first-order valence-corrected chi connectivity index (χ1v) is 10.7. The molecule has 1 aromatic carbocycles. The van der Waals surface area contributed by atoms with Gasteiger partial charge in [0.25, 0.3) is 0 Å². The maximum atomic E-state index is 11.6. The Morgan fingerprint density at radius 3 is 2.77 bits per heavy atom. The molecular formula is C22H25N5O2S. The summed E-state index contributed by atoms with van der Waals surface area (Å²) in [6.07, 6.45) is 3.38. The van der Waals surface area contributed by atoms with Gasteiger partial charge in [-0.2, -0.15) is 0 Å². The van der Waals surface area contributed by atoms with Crippen LogP contribution < -0.4 is 16.0 Å². The number of nitrogens with zero attached hydrogens (tertiary/aromatic N) is 3. The average molecular weight is 424 g/mol. The largest absolute Gasteiger partial charge is 0.464 e. The molecular weight excluding hydrogens is 398 g/mol. The number of aromatic nitrogens is 1. The third-order valence-corrected chi connectivity index (χ3v) is 5.95. The van der Waals surface area contributed by atoms with Gasteiger partial charge in [-0.3, -0.25) is 4.79 Å². The Morgan fingerprint density at radius 1 is 1.20 bits per heavy atom. The summed E-state index contributed by atoms with van der Waals surface area (Å²) in [6.45, 7) is 4.01. The minimum atomic E-state index is -0.228. The van der Waals surface area contributed by atoms with Crippen molar-refractivity contribution < 1.29 is 9.21 Å². The van der Waals surface area contributed by atoms with E-state index in [9.17, 15) is 4.79 Å². The van der Waals surface area contributed by atoms with E-state index in [4.69, 9.17) is 10.2 Å². The van der Waals surface area contributed by atoms with Gasteiger partial charge < -0.3 is 25.3 Å². The molecule has 0 spiro atoms. The van der Waals surface area contributed by atoms with Crippen molar-refractivity contribution in [3.63, 3.8) is 0 Å². The standard InChI is InChI=1S/C22H25N5O2S/c1-26-8-10-27(11-9-26)19-5-4-17(14-18(19)20-3-2-12-29-20)30-22-13-16(6-7-24-22)25-21(28)15-23/h2-7,12-14H,8-11,15,23H2,1H3,(H,24,25,28). The Morgan fingerprint density at radius 2 is 2.03 bits per heavy atom. The lowest BCUT2D eigenvalue weighted by atomic mass is 10.1. The second kappa shape index (κ2) is 9.34. The number of rotatable bonds is 6. The van der Waals surface area contributed by atoms with Gasteiger partial charge in [-0.1, -0.05) is 11.8 Å². The summed E-state index contributed by atoms with van der Waals surface area (Å²) in [5.74, 6) is 0.622. The molecule has 0 aliphatic carbocycles. The molecule has 2 aromatic heterocycles. The van der Waals surface area contributed by atoms with E-state index < -0.39 is 0 Å². The Labute approximate surface area is 180 Å². The lowest BCUT2D eigenvalue weighted by Gasteiger charge is -2.35. The van der Waals surface area contributed by atoms with Crippen LogP contribution in [0.1, 0.15) is 0 Å². The molecule has 1 amide bonds. The predicted molar refractivity (Wildman–Crippen MR) is 120 cm³/mol. The molecule has 1 aliphatic heterocycles. The summed E-state index contributed by atoms with van der Waals surface area (Å²) in [4.78, 5) is 21.8. The first-order valence-electron chi connectivity index (χ1n) is 9.87. The summed E-state index contributed by atoms with van der Waals surface area (Å²) in [5, 5.41) is 3.56. The van der Waals surface area contributed by atoms with E-state index in [0.29, 0.717) is 5.69 Å². The summed E-state index contributed by atoms with van der Waals surface area (Å²) in [5.41, 5.74) is 8.31. The normalized spacial score (nSPS) is 14.7. The van der Waals surface area contributed by atoms with Gasteiger partial charge in [0.2, 0.25) is 5.91 Å². The van der Waals surface area contributed by atoms with Crippen LogP contribution in [0.15, 0.2) is 69.3 Å². The fourth-order valence-electron chi connectivity index (χ4n) is 3.41. The number of amides is 1. The lowest BCUT2D eigenvalue weighted by molar-refractivity contribution is -0.114. The van der Waals surface area contributed by atoms with Gasteiger partial charge in [-0.25, -0.2) is 4.98 Å². The molecule has 1 saturated heterocycles. The first kappa shape index (κ1) is 20.5. The number of nitrogens with one attached hydrogen (secondary N) is 1. The van der Waals surface area contributed by atoms with Crippen LogP contribution in [0.4, 0.5) is 11.4 Å². The third kappa shape index (κ3) is 4.84. The number of hydrogen-bond acceptors (Lipinski definition) is 7. The number of hydrogen-bond donors (Lipinski definition) is 2. The van der Waals surface area contributed by atoms with Gasteiger partial charge >= 0.3 is 0 Å². The molecule has 4 rings (SSSR count). The molecule has 7 nitrogen and oxygen atoms in total. The number of likely N-dealkylation sites (N-methyl/N-ethyl adjacent to an activating group) is 1. The van der Waals surface area contributed by atoms with Crippen LogP contribution in [-0.4, -0.2) is 55.6 Å².